The van der Waals surface area contributed by atoms with Crippen LogP contribution in [0.1, 0.15) is 5.56 Å². The Morgan fingerprint density at radius 2 is 2.07 bits per heavy atom. The number of carbonyl (C=O) groups is 1. The molecule has 0 aliphatic rings. The van der Waals surface area contributed by atoms with Gasteiger partial charge in [-0.15, -0.1) is 0 Å². The Kier molecular flexibility index (Phi) is 3.94. The first-order valence-electron chi connectivity index (χ1n) is 4.38. The summed E-state index contributed by atoms with van der Waals surface area (Å²) in [7, 11) is 0. The number of rotatable bonds is 4. The maximum atomic E-state index is 11.2. The van der Waals surface area contributed by atoms with Gasteiger partial charge in [-0.25, -0.2) is 0 Å². The number of aliphatic hydroxyl groups excluding tert-OH is 1. The predicted molar refractivity (Wildman–Crippen MR) is 51.9 cm³/mol. The third kappa shape index (κ3) is 3.06. The third-order valence-corrected chi connectivity index (χ3v) is 1.78. The van der Waals surface area contributed by atoms with E-state index in [0.717, 1.165) is 0 Å². The van der Waals surface area contributed by atoms with Gasteiger partial charge in [0.15, 0.2) is 0 Å². The summed E-state index contributed by atoms with van der Waals surface area (Å²) >= 11 is 0. The van der Waals surface area contributed by atoms with Crippen LogP contribution in [0.25, 0.3) is 0 Å². The van der Waals surface area contributed by atoms with Gasteiger partial charge in [0.1, 0.15) is 5.75 Å². The number of aromatic hydroxyl groups is 1. The Labute approximate surface area is 82.2 Å². The van der Waals surface area contributed by atoms with Gasteiger partial charge in [0, 0.05) is 12.1 Å². The van der Waals surface area contributed by atoms with E-state index in [2.05, 4.69) is 5.32 Å². The fourth-order valence-electron chi connectivity index (χ4n) is 1.09. The Morgan fingerprint density at radius 1 is 1.36 bits per heavy atom. The molecule has 0 radical (unpaired) electrons. The molecule has 0 bridgehead atoms. The molecule has 4 nitrogen and oxygen atoms in total. The normalized spacial score (nSPS) is 9.79. The van der Waals surface area contributed by atoms with Crippen molar-refractivity contribution in [2.75, 3.05) is 13.2 Å². The molecule has 1 amide bonds. The van der Waals surface area contributed by atoms with Crippen LogP contribution in [0.3, 0.4) is 0 Å². The van der Waals surface area contributed by atoms with Crippen molar-refractivity contribution in [2.24, 2.45) is 0 Å². The molecule has 0 atom stereocenters. The molecule has 0 fully saturated rings. The largest absolute Gasteiger partial charge is 0.508 e. The lowest BCUT2D eigenvalue weighted by molar-refractivity contribution is -0.120. The van der Waals surface area contributed by atoms with Gasteiger partial charge in [0.25, 0.3) is 0 Å². The highest BCUT2D eigenvalue weighted by Gasteiger charge is 2.05. The number of hydrogen-bond acceptors (Lipinski definition) is 3. The fraction of sp³-hybridized carbons (Fsp3) is 0.300. The zero-order chi connectivity index (χ0) is 10.4. The number of phenolic OH excluding ortho intramolecular Hbond substituents is 1. The number of carbonyl (C=O) groups excluding carboxylic acids is 1. The lowest BCUT2D eigenvalue weighted by atomic mass is 10.1. The SMILES string of the molecule is O=C(Cc1ccccc1O)NCCO. The summed E-state index contributed by atoms with van der Waals surface area (Å²) in [6.45, 7) is 0.166. The second-order valence-electron chi connectivity index (χ2n) is 2.88. The molecule has 0 heterocycles. The van der Waals surface area contributed by atoms with Gasteiger partial charge in [0.2, 0.25) is 5.91 Å². The summed E-state index contributed by atoms with van der Waals surface area (Å²) in [5.41, 5.74) is 0.586. The van der Waals surface area contributed by atoms with Crippen molar-refractivity contribution in [3.8, 4) is 5.75 Å². The zero-order valence-corrected chi connectivity index (χ0v) is 7.73. The average molecular weight is 195 g/mol. The highest BCUT2D eigenvalue weighted by Crippen LogP contribution is 2.15. The van der Waals surface area contributed by atoms with E-state index in [1.807, 2.05) is 0 Å². The van der Waals surface area contributed by atoms with Crippen LogP contribution in [0.4, 0.5) is 0 Å². The Hall–Kier alpha value is -1.55. The molecule has 14 heavy (non-hydrogen) atoms. The van der Waals surface area contributed by atoms with Crippen LogP contribution in [0, 0.1) is 0 Å². The van der Waals surface area contributed by atoms with Gasteiger partial charge < -0.3 is 15.5 Å². The van der Waals surface area contributed by atoms with Gasteiger partial charge >= 0.3 is 0 Å². The van der Waals surface area contributed by atoms with E-state index < -0.39 is 0 Å². The van der Waals surface area contributed by atoms with Crippen molar-refractivity contribution < 1.29 is 15.0 Å². The first-order valence-corrected chi connectivity index (χ1v) is 4.38. The van der Waals surface area contributed by atoms with E-state index in [9.17, 15) is 9.90 Å². The molecule has 1 aromatic carbocycles. The quantitative estimate of drug-likeness (QED) is 0.635. The van der Waals surface area contributed by atoms with Crippen LogP contribution >= 0.6 is 0 Å². The van der Waals surface area contributed by atoms with Crippen molar-refractivity contribution in [1.29, 1.82) is 0 Å². The van der Waals surface area contributed by atoms with E-state index in [0.29, 0.717) is 5.56 Å². The molecular formula is C10H13NO3. The van der Waals surface area contributed by atoms with E-state index in [1.165, 1.54) is 6.07 Å². The zero-order valence-electron chi connectivity index (χ0n) is 7.73. The van der Waals surface area contributed by atoms with Gasteiger partial charge in [0.05, 0.1) is 13.0 Å². The number of para-hydroxylation sites is 1. The molecule has 0 saturated carbocycles. The Morgan fingerprint density at radius 3 is 2.71 bits per heavy atom. The van der Waals surface area contributed by atoms with Crippen LogP contribution in [0.15, 0.2) is 24.3 Å². The monoisotopic (exact) mass is 195 g/mol. The van der Waals surface area contributed by atoms with Crippen LogP contribution in [-0.2, 0) is 11.2 Å². The molecule has 0 aromatic heterocycles. The van der Waals surface area contributed by atoms with Gasteiger partial charge in [-0.2, -0.15) is 0 Å². The molecule has 0 spiro atoms. The van der Waals surface area contributed by atoms with Gasteiger partial charge in [-0.05, 0) is 6.07 Å². The molecule has 0 aliphatic carbocycles. The molecule has 4 heteroatoms. The lowest BCUT2D eigenvalue weighted by Gasteiger charge is -2.04. The highest BCUT2D eigenvalue weighted by molar-refractivity contribution is 5.79. The number of phenols is 1. The fourth-order valence-corrected chi connectivity index (χ4v) is 1.09. The van der Waals surface area contributed by atoms with Crippen molar-refractivity contribution in [3.05, 3.63) is 29.8 Å². The molecular weight excluding hydrogens is 182 g/mol. The number of aliphatic hydroxyl groups is 1. The van der Waals surface area contributed by atoms with E-state index in [-0.39, 0.29) is 31.2 Å². The summed E-state index contributed by atoms with van der Waals surface area (Å²) in [5.74, 6) is -0.0906. The van der Waals surface area contributed by atoms with Gasteiger partial charge in [-0.1, -0.05) is 18.2 Å². The molecule has 1 rings (SSSR count). The molecule has 76 valence electrons. The molecule has 0 aliphatic heterocycles. The first kappa shape index (κ1) is 10.5. The summed E-state index contributed by atoms with van der Waals surface area (Å²) in [4.78, 5) is 11.2. The maximum Gasteiger partial charge on any atom is 0.224 e. The summed E-state index contributed by atoms with van der Waals surface area (Å²) < 4.78 is 0. The van der Waals surface area contributed by atoms with Crippen molar-refractivity contribution in [1.82, 2.24) is 5.32 Å². The number of hydrogen-bond donors (Lipinski definition) is 3. The van der Waals surface area contributed by atoms with Crippen LogP contribution in [0.2, 0.25) is 0 Å². The van der Waals surface area contributed by atoms with Gasteiger partial charge in [-0.3, -0.25) is 4.79 Å². The van der Waals surface area contributed by atoms with Crippen molar-refractivity contribution in [3.63, 3.8) is 0 Å². The Bertz CT molecular complexity index is 312. The minimum Gasteiger partial charge on any atom is -0.508 e. The third-order valence-electron chi connectivity index (χ3n) is 1.78. The van der Waals surface area contributed by atoms with Crippen molar-refractivity contribution in [2.45, 2.75) is 6.42 Å². The number of benzene rings is 1. The molecule has 0 unspecified atom stereocenters. The second kappa shape index (κ2) is 5.24. The van der Waals surface area contributed by atoms with E-state index in [4.69, 9.17) is 5.11 Å². The maximum absolute atomic E-state index is 11.2. The smallest absolute Gasteiger partial charge is 0.224 e. The average Bonchev–Trinajstić information content (AvgIpc) is 2.18. The first-order chi connectivity index (χ1) is 6.74. The van der Waals surface area contributed by atoms with E-state index >= 15 is 0 Å². The molecule has 1 aromatic rings. The molecule has 0 saturated heterocycles. The minimum absolute atomic E-state index is 0.0769. The predicted octanol–water partition coefficient (Wildman–Crippen LogP) is 0.0432. The topological polar surface area (TPSA) is 69.6 Å². The number of amides is 1. The van der Waals surface area contributed by atoms with Crippen molar-refractivity contribution >= 4 is 5.91 Å². The lowest BCUT2D eigenvalue weighted by Crippen LogP contribution is -2.27. The summed E-state index contributed by atoms with van der Waals surface area (Å²) in [5, 5.41) is 20.3. The minimum atomic E-state index is -0.208. The number of nitrogens with one attached hydrogen (secondary N) is 1. The highest BCUT2D eigenvalue weighted by atomic mass is 16.3. The van der Waals surface area contributed by atoms with Crippen LogP contribution < -0.4 is 5.32 Å². The summed E-state index contributed by atoms with van der Waals surface area (Å²) in [6, 6.07) is 6.68. The van der Waals surface area contributed by atoms with Crippen LogP contribution in [0.5, 0.6) is 5.75 Å². The van der Waals surface area contributed by atoms with Crippen LogP contribution in [-0.4, -0.2) is 29.3 Å². The Balaban J connectivity index is 2.52. The standard InChI is InChI=1S/C10H13NO3/c12-6-5-11-10(14)7-8-3-1-2-4-9(8)13/h1-4,12-13H,5-7H2,(H,11,14). The second-order valence-corrected chi connectivity index (χ2v) is 2.88. The summed E-state index contributed by atoms with van der Waals surface area (Å²) in [6.07, 6.45) is 0.132. The molecule has 3 N–H and O–H groups in total. The van der Waals surface area contributed by atoms with E-state index in [1.54, 1.807) is 18.2 Å².